The topological polar surface area (TPSA) is 81.7 Å². The lowest BCUT2D eigenvalue weighted by Crippen LogP contribution is -2.40. The number of benzene rings is 1. The van der Waals surface area contributed by atoms with E-state index in [0.717, 1.165) is 5.56 Å². The van der Waals surface area contributed by atoms with Crippen molar-refractivity contribution in [3.8, 4) is 0 Å². The van der Waals surface area contributed by atoms with Crippen LogP contribution in [0.25, 0.3) is 0 Å². The molecule has 0 radical (unpaired) electrons. The number of Topliss-reactive ketones (excluding diaryl/α,β-unsaturated/α-hetero) is 1. The van der Waals surface area contributed by atoms with E-state index in [1.54, 1.807) is 27.7 Å². The maximum absolute atomic E-state index is 12.1. The Hall–Kier alpha value is -2.37. The van der Waals surface area contributed by atoms with Crippen molar-refractivity contribution in [2.75, 3.05) is 0 Å². The normalized spacial score (nSPS) is 12.2. The van der Waals surface area contributed by atoms with Crippen LogP contribution in [0.1, 0.15) is 58.9 Å². The van der Waals surface area contributed by atoms with Crippen LogP contribution >= 0.6 is 0 Å². The number of hydrogen-bond acceptors (Lipinski definition) is 5. The lowest BCUT2D eigenvalue weighted by Gasteiger charge is -2.23. The quantitative estimate of drug-likeness (QED) is 0.675. The van der Waals surface area contributed by atoms with Gasteiger partial charge in [-0.2, -0.15) is 0 Å². The molecule has 0 aromatic heterocycles. The third-order valence-electron chi connectivity index (χ3n) is 3.54. The van der Waals surface area contributed by atoms with Crippen molar-refractivity contribution in [2.24, 2.45) is 0 Å². The van der Waals surface area contributed by atoms with Crippen LogP contribution in [0.4, 0.5) is 4.79 Å². The first kappa shape index (κ1) is 21.7. The number of carbonyl (C=O) groups excluding carboxylic acids is 3. The van der Waals surface area contributed by atoms with Crippen LogP contribution in [-0.2, 0) is 25.7 Å². The molecule has 0 bridgehead atoms. The van der Waals surface area contributed by atoms with Gasteiger partial charge in [0.1, 0.15) is 18.0 Å². The highest BCUT2D eigenvalue weighted by Gasteiger charge is 2.22. The average molecular weight is 363 g/mol. The van der Waals surface area contributed by atoms with Crippen LogP contribution in [0.2, 0.25) is 0 Å². The maximum Gasteiger partial charge on any atom is 0.407 e. The minimum absolute atomic E-state index is 0.0108. The van der Waals surface area contributed by atoms with Crippen LogP contribution in [0, 0.1) is 0 Å². The molecule has 0 aliphatic rings. The summed E-state index contributed by atoms with van der Waals surface area (Å²) in [5.74, 6) is -0.350. The van der Waals surface area contributed by atoms with Gasteiger partial charge in [-0.15, -0.1) is 0 Å². The summed E-state index contributed by atoms with van der Waals surface area (Å²) in [6.45, 7) is 7.24. The van der Waals surface area contributed by atoms with Gasteiger partial charge in [-0.25, -0.2) is 4.79 Å². The predicted molar refractivity (Wildman–Crippen MR) is 98.5 cm³/mol. The van der Waals surface area contributed by atoms with Gasteiger partial charge >= 0.3 is 12.1 Å². The molecule has 144 valence electrons. The Kier molecular flexibility index (Phi) is 8.82. The summed E-state index contributed by atoms with van der Waals surface area (Å²) >= 11 is 0. The molecule has 0 spiro atoms. The van der Waals surface area contributed by atoms with Crippen LogP contribution in [-0.4, -0.2) is 29.5 Å². The van der Waals surface area contributed by atoms with E-state index in [2.05, 4.69) is 5.32 Å². The van der Waals surface area contributed by atoms with E-state index >= 15 is 0 Å². The van der Waals surface area contributed by atoms with Gasteiger partial charge in [-0.1, -0.05) is 37.3 Å². The molecular formula is C20H29NO5. The summed E-state index contributed by atoms with van der Waals surface area (Å²) in [5.41, 5.74) is 0.250. The SMILES string of the molecule is CCC(=O)CC[C@@H](CC(=O)OCc1ccccc1)NC(=O)OC(C)(C)C. The Morgan fingerprint density at radius 1 is 1.12 bits per heavy atom. The lowest BCUT2D eigenvalue weighted by atomic mass is 10.0. The number of nitrogens with one attached hydrogen (secondary N) is 1. The van der Waals surface area contributed by atoms with Gasteiger partial charge < -0.3 is 14.8 Å². The van der Waals surface area contributed by atoms with Gasteiger partial charge in [0.2, 0.25) is 0 Å². The molecule has 26 heavy (non-hydrogen) atoms. The summed E-state index contributed by atoms with van der Waals surface area (Å²) in [6.07, 6.45) is 0.470. The molecule has 6 heteroatoms. The van der Waals surface area contributed by atoms with Gasteiger partial charge in [-0.05, 0) is 32.8 Å². The van der Waals surface area contributed by atoms with Crippen molar-refractivity contribution in [1.82, 2.24) is 5.32 Å². The average Bonchev–Trinajstić information content (AvgIpc) is 2.56. The van der Waals surface area contributed by atoms with E-state index < -0.39 is 23.7 Å². The molecule has 1 atom stereocenters. The van der Waals surface area contributed by atoms with E-state index in [1.807, 2.05) is 30.3 Å². The van der Waals surface area contributed by atoms with Crippen molar-refractivity contribution >= 4 is 17.8 Å². The van der Waals surface area contributed by atoms with E-state index in [4.69, 9.17) is 9.47 Å². The van der Waals surface area contributed by atoms with Crippen molar-refractivity contribution in [3.63, 3.8) is 0 Å². The molecule has 0 aliphatic heterocycles. The zero-order valence-corrected chi connectivity index (χ0v) is 16.0. The van der Waals surface area contributed by atoms with Crippen molar-refractivity contribution in [3.05, 3.63) is 35.9 Å². The third-order valence-corrected chi connectivity index (χ3v) is 3.54. The fraction of sp³-hybridized carbons (Fsp3) is 0.550. The first-order valence-electron chi connectivity index (χ1n) is 8.90. The second-order valence-electron chi connectivity index (χ2n) is 7.12. The van der Waals surface area contributed by atoms with Gasteiger partial charge in [-0.3, -0.25) is 9.59 Å². The number of rotatable bonds is 9. The van der Waals surface area contributed by atoms with Crippen LogP contribution in [0.15, 0.2) is 30.3 Å². The number of esters is 1. The molecule has 0 unspecified atom stereocenters. The second-order valence-corrected chi connectivity index (χ2v) is 7.12. The molecule has 0 saturated heterocycles. The van der Waals surface area contributed by atoms with E-state index in [-0.39, 0.29) is 18.8 Å². The number of hydrogen-bond donors (Lipinski definition) is 1. The summed E-state index contributed by atoms with van der Waals surface area (Å²) in [6, 6.07) is 8.84. The van der Waals surface area contributed by atoms with E-state index in [1.165, 1.54) is 0 Å². The highest BCUT2D eigenvalue weighted by atomic mass is 16.6. The van der Waals surface area contributed by atoms with Crippen LogP contribution in [0.5, 0.6) is 0 Å². The maximum atomic E-state index is 12.1. The molecule has 1 amide bonds. The van der Waals surface area contributed by atoms with Crippen LogP contribution < -0.4 is 5.32 Å². The van der Waals surface area contributed by atoms with Gasteiger partial charge in [0.25, 0.3) is 0 Å². The fourth-order valence-corrected chi connectivity index (χ4v) is 2.21. The highest BCUT2D eigenvalue weighted by Crippen LogP contribution is 2.11. The Labute approximate surface area is 155 Å². The smallest absolute Gasteiger partial charge is 0.407 e. The Bertz CT molecular complexity index is 592. The van der Waals surface area contributed by atoms with Gasteiger partial charge in [0, 0.05) is 18.9 Å². The number of ketones is 1. The molecule has 1 aromatic rings. The molecule has 1 N–H and O–H groups in total. The van der Waals surface area contributed by atoms with E-state index in [0.29, 0.717) is 19.3 Å². The highest BCUT2D eigenvalue weighted by molar-refractivity contribution is 5.78. The van der Waals surface area contributed by atoms with E-state index in [9.17, 15) is 14.4 Å². The molecule has 1 rings (SSSR count). The fourth-order valence-electron chi connectivity index (χ4n) is 2.21. The Morgan fingerprint density at radius 2 is 1.77 bits per heavy atom. The minimum Gasteiger partial charge on any atom is -0.461 e. The first-order valence-corrected chi connectivity index (χ1v) is 8.90. The molecule has 0 heterocycles. The lowest BCUT2D eigenvalue weighted by molar-refractivity contribution is -0.145. The number of amides is 1. The molecule has 6 nitrogen and oxygen atoms in total. The largest absolute Gasteiger partial charge is 0.461 e. The predicted octanol–water partition coefficient (Wildman–Crippen LogP) is 3.77. The first-order chi connectivity index (χ1) is 12.2. The van der Waals surface area contributed by atoms with Crippen molar-refractivity contribution in [1.29, 1.82) is 0 Å². The molecule has 1 aromatic carbocycles. The minimum atomic E-state index is -0.637. The number of ether oxygens (including phenoxy) is 2. The molecule has 0 saturated carbocycles. The summed E-state index contributed by atoms with van der Waals surface area (Å²) in [4.78, 5) is 35.6. The monoisotopic (exact) mass is 363 g/mol. The summed E-state index contributed by atoms with van der Waals surface area (Å²) in [5, 5.41) is 2.67. The standard InChI is InChI=1S/C20H29NO5/c1-5-17(22)12-11-16(21-19(24)26-20(2,3)4)13-18(23)25-14-15-9-7-6-8-10-15/h6-10,16H,5,11-14H2,1-4H3,(H,21,24)/t16-/m0/s1. The molecule has 0 aliphatic carbocycles. The number of alkyl carbamates (subject to hydrolysis) is 1. The molecule has 0 fully saturated rings. The van der Waals surface area contributed by atoms with Gasteiger partial charge in [0.15, 0.2) is 0 Å². The zero-order valence-electron chi connectivity index (χ0n) is 16.0. The Morgan fingerprint density at radius 3 is 2.35 bits per heavy atom. The van der Waals surface area contributed by atoms with Gasteiger partial charge in [0.05, 0.1) is 6.42 Å². The summed E-state index contributed by atoms with van der Waals surface area (Å²) in [7, 11) is 0. The zero-order chi connectivity index (χ0) is 19.6. The van der Waals surface area contributed by atoms with Crippen molar-refractivity contribution in [2.45, 2.75) is 71.6 Å². The number of carbonyl (C=O) groups is 3. The third kappa shape index (κ3) is 9.81. The second kappa shape index (κ2) is 10.6. The molecular weight excluding hydrogens is 334 g/mol. The Balaban J connectivity index is 2.57. The van der Waals surface area contributed by atoms with Crippen molar-refractivity contribution < 1.29 is 23.9 Å². The van der Waals surface area contributed by atoms with Crippen LogP contribution in [0.3, 0.4) is 0 Å². The summed E-state index contributed by atoms with van der Waals surface area (Å²) < 4.78 is 10.5.